The highest BCUT2D eigenvalue weighted by atomic mass is 15.1. The first-order chi connectivity index (χ1) is 6.88. The van der Waals surface area contributed by atoms with Gasteiger partial charge in [0.2, 0.25) is 0 Å². The van der Waals surface area contributed by atoms with E-state index in [-0.39, 0.29) is 0 Å². The number of nitrogens with zero attached hydrogens (tertiary/aromatic N) is 1. The smallest absolute Gasteiger partial charge is 0.0234 e. The molecule has 0 radical (unpaired) electrons. The van der Waals surface area contributed by atoms with Crippen molar-refractivity contribution in [3.05, 3.63) is 35.9 Å². The van der Waals surface area contributed by atoms with E-state index in [1.54, 1.807) is 0 Å². The normalized spacial score (nSPS) is 24.6. The van der Waals surface area contributed by atoms with Crippen LogP contribution in [0.15, 0.2) is 30.3 Å². The zero-order valence-corrected chi connectivity index (χ0v) is 7.95. The molecule has 1 aliphatic heterocycles. The fraction of sp³-hybridized carbons (Fsp3) is 0.500. The van der Waals surface area contributed by atoms with Crippen LogP contribution in [0.5, 0.6) is 0 Å². The van der Waals surface area contributed by atoms with Crippen molar-refractivity contribution < 1.29 is 1.37 Å². The van der Waals surface area contributed by atoms with Crippen LogP contribution < -0.4 is 0 Å². The number of rotatable bonds is 2. The number of benzene rings is 1. The van der Waals surface area contributed by atoms with E-state index < -0.39 is 0 Å². The van der Waals surface area contributed by atoms with Crippen LogP contribution in [0.4, 0.5) is 0 Å². The summed E-state index contributed by atoms with van der Waals surface area (Å²) in [6.07, 6.45) is 1.20. The van der Waals surface area contributed by atoms with Crippen molar-refractivity contribution in [1.82, 2.24) is 4.90 Å². The molecule has 1 heteroatoms. The van der Waals surface area contributed by atoms with Gasteiger partial charge in [0.25, 0.3) is 0 Å². The molecule has 1 heterocycles. The van der Waals surface area contributed by atoms with Gasteiger partial charge in [0.1, 0.15) is 0 Å². The summed E-state index contributed by atoms with van der Waals surface area (Å²) >= 11 is 0. The molecule has 1 aliphatic rings. The zero-order chi connectivity index (χ0) is 9.80. The van der Waals surface area contributed by atoms with Crippen molar-refractivity contribution in [1.29, 1.82) is 0 Å². The van der Waals surface area contributed by atoms with Gasteiger partial charge in [-0.2, -0.15) is 0 Å². The molecule has 1 aromatic rings. The van der Waals surface area contributed by atoms with Crippen LogP contribution in [0.1, 0.15) is 20.3 Å². The minimum Gasteiger partial charge on any atom is -0.299 e. The fourth-order valence-corrected chi connectivity index (χ4v) is 1.90. The lowest BCUT2D eigenvalue weighted by molar-refractivity contribution is 0.320. The SMILES string of the molecule is [2H]CC1CCN(Cc2ccccc2)C1. The van der Waals surface area contributed by atoms with Crippen molar-refractivity contribution in [2.75, 3.05) is 13.1 Å². The summed E-state index contributed by atoms with van der Waals surface area (Å²) in [7, 11) is 0. The van der Waals surface area contributed by atoms with Crippen molar-refractivity contribution in [2.24, 2.45) is 5.92 Å². The second-order valence-electron chi connectivity index (χ2n) is 3.88. The van der Waals surface area contributed by atoms with Gasteiger partial charge in [-0.1, -0.05) is 37.2 Å². The van der Waals surface area contributed by atoms with Gasteiger partial charge >= 0.3 is 0 Å². The van der Waals surface area contributed by atoms with Gasteiger partial charge in [0.05, 0.1) is 0 Å². The van der Waals surface area contributed by atoms with E-state index in [9.17, 15) is 0 Å². The molecule has 70 valence electrons. The highest BCUT2D eigenvalue weighted by molar-refractivity contribution is 5.14. The van der Waals surface area contributed by atoms with Crippen LogP contribution in [0, 0.1) is 5.92 Å². The zero-order valence-electron chi connectivity index (χ0n) is 8.95. The van der Waals surface area contributed by atoms with E-state index in [2.05, 4.69) is 35.2 Å². The molecule has 2 rings (SSSR count). The average Bonchev–Trinajstić information content (AvgIpc) is 2.67. The van der Waals surface area contributed by atoms with Gasteiger partial charge in [-0.25, -0.2) is 0 Å². The Morgan fingerprint density at radius 3 is 3.00 bits per heavy atom. The van der Waals surface area contributed by atoms with Gasteiger partial charge in [-0.15, -0.1) is 0 Å². The summed E-state index contributed by atoms with van der Waals surface area (Å²) in [6, 6.07) is 10.6. The van der Waals surface area contributed by atoms with Crippen LogP contribution in [-0.4, -0.2) is 18.0 Å². The first-order valence-corrected chi connectivity index (χ1v) is 4.94. The minimum atomic E-state index is 0.589. The van der Waals surface area contributed by atoms with E-state index in [4.69, 9.17) is 1.37 Å². The van der Waals surface area contributed by atoms with Crippen LogP contribution in [0.2, 0.25) is 0 Å². The lowest BCUT2D eigenvalue weighted by Gasteiger charge is -2.14. The van der Waals surface area contributed by atoms with Crippen LogP contribution in [0.3, 0.4) is 0 Å². The van der Waals surface area contributed by atoms with Crippen LogP contribution in [-0.2, 0) is 6.54 Å². The highest BCUT2D eigenvalue weighted by Gasteiger charge is 2.17. The monoisotopic (exact) mass is 176 g/mol. The molecular formula is C12H17N. The van der Waals surface area contributed by atoms with Gasteiger partial charge in [0.15, 0.2) is 0 Å². The summed E-state index contributed by atoms with van der Waals surface area (Å²) in [5.74, 6) is 0.610. The van der Waals surface area contributed by atoms with E-state index in [0.29, 0.717) is 12.8 Å². The van der Waals surface area contributed by atoms with Crippen molar-refractivity contribution >= 4 is 0 Å². The second kappa shape index (κ2) is 3.93. The second-order valence-corrected chi connectivity index (χ2v) is 3.88. The summed E-state index contributed by atoms with van der Waals surface area (Å²) in [5, 5.41) is 0. The Labute approximate surface area is 81.8 Å². The molecule has 0 bridgehead atoms. The summed E-state index contributed by atoms with van der Waals surface area (Å²) in [5.41, 5.74) is 1.39. The van der Waals surface area contributed by atoms with E-state index in [1.807, 2.05) is 0 Å². The average molecular weight is 176 g/mol. The molecule has 0 saturated carbocycles. The Kier molecular flexibility index (Phi) is 2.29. The molecular weight excluding hydrogens is 158 g/mol. The maximum atomic E-state index is 7.34. The lowest BCUT2D eigenvalue weighted by atomic mass is 10.2. The maximum Gasteiger partial charge on any atom is 0.0234 e. The maximum absolute atomic E-state index is 7.34. The Balaban J connectivity index is 1.88. The fourth-order valence-electron chi connectivity index (χ4n) is 1.90. The number of likely N-dealkylation sites (tertiary alicyclic amines) is 1. The van der Waals surface area contributed by atoms with Crippen LogP contribution >= 0.6 is 0 Å². The molecule has 1 atom stereocenters. The minimum absolute atomic E-state index is 0.589. The summed E-state index contributed by atoms with van der Waals surface area (Å²) < 4.78 is 7.34. The summed E-state index contributed by atoms with van der Waals surface area (Å²) in [6.45, 7) is 3.92. The molecule has 0 N–H and O–H groups in total. The van der Waals surface area contributed by atoms with E-state index in [1.165, 1.54) is 18.5 Å². The molecule has 13 heavy (non-hydrogen) atoms. The van der Waals surface area contributed by atoms with Crippen molar-refractivity contribution in [2.45, 2.75) is 19.9 Å². The Hall–Kier alpha value is -0.820. The first-order valence-electron chi connectivity index (χ1n) is 5.64. The van der Waals surface area contributed by atoms with Gasteiger partial charge in [0, 0.05) is 14.5 Å². The Morgan fingerprint density at radius 1 is 1.46 bits per heavy atom. The largest absolute Gasteiger partial charge is 0.299 e. The Morgan fingerprint density at radius 2 is 2.31 bits per heavy atom. The molecule has 0 aliphatic carbocycles. The first kappa shape index (κ1) is 7.57. The predicted molar refractivity (Wildman–Crippen MR) is 55.5 cm³/mol. The number of hydrogen-bond acceptors (Lipinski definition) is 1. The van der Waals surface area contributed by atoms with Crippen LogP contribution in [0.25, 0.3) is 0 Å². The molecule has 1 aromatic carbocycles. The molecule has 0 amide bonds. The topological polar surface area (TPSA) is 3.24 Å². The third-order valence-electron chi connectivity index (χ3n) is 2.62. The quantitative estimate of drug-likeness (QED) is 0.669. The molecule has 1 fully saturated rings. The van der Waals surface area contributed by atoms with Crippen molar-refractivity contribution in [3.8, 4) is 0 Å². The molecule has 0 spiro atoms. The third-order valence-corrected chi connectivity index (χ3v) is 2.62. The molecule has 0 aromatic heterocycles. The predicted octanol–water partition coefficient (Wildman–Crippen LogP) is 2.53. The Bertz CT molecular complexity index is 273. The van der Waals surface area contributed by atoms with Gasteiger partial charge in [-0.3, -0.25) is 4.90 Å². The highest BCUT2D eigenvalue weighted by Crippen LogP contribution is 2.17. The van der Waals surface area contributed by atoms with E-state index in [0.717, 1.165) is 13.1 Å². The summed E-state index contributed by atoms with van der Waals surface area (Å²) in [4.78, 5) is 2.45. The van der Waals surface area contributed by atoms with E-state index >= 15 is 0 Å². The number of hydrogen-bond donors (Lipinski definition) is 0. The molecule has 1 unspecified atom stereocenters. The standard InChI is InChI=1S/C12H17N/c1-11-7-8-13(9-11)10-12-5-3-2-4-6-12/h2-6,11H,7-10H2,1H3/i1D. The molecule has 1 nitrogen and oxygen atoms in total. The lowest BCUT2D eigenvalue weighted by Crippen LogP contribution is -2.19. The molecule has 1 saturated heterocycles. The van der Waals surface area contributed by atoms with Gasteiger partial charge < -0.3 is 0 Å². The van der Waals surface area contributed by atoms with Crippen molar-refractivity contribution in [3.63, 3.8) is 0 Å². The third kappa shape index (κ3) is 2.31. The van der Waals surface area contributed by atoms with Gasteiger partial charge in [-0.05, 0) is 24.4 Å².